The summed E-state index contributed by atoms with van der Waals surface area (Å²) in [4.78, 5) is 8.91. The van der Waals surface area contributed by atoms with Gasteiger partial charge in [-0.1, -0.05) is 35.9 Å². The fourth-order valence-corrected chi connectivity index (χ4v) is 2.49. The smallest absolute Gasteiger partial charge is 0.0770 e. The summed E-state index contributed by atoms with van der Waals surface area (Å²) in [5.41, 5.74) is 3.03. The minimum Gasteiger partial charge on any atom is -0.308 e. The molecule has 100 valence electrons. The van der Waals surface area contributed by atoms with E-state index in [-0.39, 0.29) is 6.04 Å². The molecule has 0 fully saturated rings. The molecule has 1 N–H and O–H groups in total. The van der Waals surface area contributed by atoms with E-state index >= 15 is 0 Å². The molecule has 0 aliphatic carbocycles. The summed E-state index contributed by atoms with van der Waals surface area (Å²) in [6, 6.07) is 14.0. The minimum absolute atomic E-state index is 0.00846. The molecular formula is C16H14ClN3. The molecule has 0 amide bonds. The van der Waals surface area contributed by atoms with Crippen LogP contribution in [0.3, 0.4) is 0 Å². The maximum absolute atomic E-state index is 5.91. The molecule has 2 aromatic heterocycles. The quantitative estimate of drug-likeness (QED) is 0.798. The summed E-state index contributed by atoms with van der Waals surface area (Å²) in [6.45, 7) is 0. The molecule has 1 unspecified atom stereocenters. The van der Waals surface area contributed by atoms with E-state index < -0.39 is 0 Å². The fraction of sp³-hybridized carbons (Fsp3) is 0.125. The number of para-hydroxylation sites is 1. The van der Waals surface area contributed by atoms with Gasteiger partial charge in [0.15, 0.2) is 0 Å². The predicted octanol–water partition coefficient (Wildman–Crippen LogP) is 3.59. The van der Waals surface area contributed by atoms with Gasteiger partial charge in [0, 0.05) is 23.3 Å². The summed E-state index contributed by atoms with van der Waals surface area (Å²) < 4.78 is 0. The third-order valence-electron chi connectivity index (χ3n) is 3.31. The van der Waals surface area contributed by atoms with Crippen LogP contribution in [0.25, 0.3) is 10.9 Å². The highest BCUT2D eigenvalue weighted by atomic mass is 35.5. The number of fused-ring (bicyclic) bond motifs is 1. The van der Waals surface area contributed by atoms with Gasteiger partial charge < -0.3 is 5.32 Å². The van der Waals surface area contributed by atoms with Crippen molar-refractivity contribution in [3.8, 4) is 0 Å². The first kappa shape index (κ1) is 13.0. The van der Waals surface area contributed by atoms with Gasteiger partial charge in [0.25, 0.3) is 0 Å². The Morgan fingerprint density at radius 3 is 2.65 bits per heavy atom. The number of pyridine rings is 2. The summed E-state index contributed by atoms with van der Waals surface area (Å²) in [6.07, 6.45) is 3.48. The molecule has 0 aliphatic heterocycles. The van der Waals surface area contributed by atoms with Crippen LogP contribution in [0.15, 0.2) is 54.9 Å². The van der Waals surface area contributed by atoms with Crippen molar-refractivity contribution in [3.05, 3.63) is 71.1 Å². The Kier molecular flexibility index (Phi) is 3.63. The highest BCUT2D eigenvalue weighted by Gasteiger charge is 2.16. The third kappa shape index (κ3) is 2.38. The molecule has 20 heavy (non-hydrogen) atoms. The van der Waals surface area contributed by atoms with Crippen LogP contribution in [0.4, 0.5) is 0 Å². The maximum Gasteiger partial charge on any atom is 0.0770 e. The second-order valence-electron chi connectivity index (χ2n) is 4.55. The third-order valence-corrected chi connectivity index (χ3v) is 3.53. The Labute approximate surface area is 122 Å². The fourth-order valence-electron chi connectivity index (χ4n) is 2.38. The lowest BCUT2D eigenvalue weighted by Crippen LogP contribution is -2.19. The van der Waals surface area contributed by atoms with Crippen LogP contribution in [0.5, 0.6) is 0 Å². The number of hydrogen-bond donors (Lipinski definition) is 1. The number of nitrogens with zero attached hydrogens (tertiary/aromatic N) is 2. The predicted molar refractivity (Wildman–Crippen MR) is 81.9 cm³/mol. The monoisotopic (exact) mass is 283 g/mol. The summed E-state index contributed by atoms with van der Waals surface area (Å²) in [5.74, 6) is 0. The van der Waals surface area contributed by atoms with Gasteiger partial charge in [-0.25, -0.2) is 0 Å². The van der Waals surface area contributed by atoms with Crippen LogP contribution in [0.2, 0.25) is 5.02 Å². The lowest BCUT2D eigenvalue weighted by Gasteiger charge is -2.17. The highest BCUT2D eigenvalue weighted by molar-refractivity contribution is 6.30. The van der Waals surface area contributed by atoms with Crippen molar-refractivity contribution in [1.82, 2.24) is 15.3 Å². The molecular weight excluding hydrogens is 270 g/mol. The molecule has 0 bridgehead atoms. The van der Waals surface area contributed by atoms with Crippen molar-refractivity contribution in [2.24, 2.45) is 0 Å². The van der Waals surface area contributed by atoms with Crippen LogP contribution < -0.4 is 5.32 Å². The van der Waals surface area contributed by atoms with Gasteiger partial charge in [-0.3, -0.25) is 9.97 Å². The van der Waals surface area contributed by atoms with E-state index in [1.165, 1.54) is 0 Å². The normalized spacial score (nSPS) is 12.5. The average Bonchev–Trinajstić information content (AvgIpc) is 2.50. The maximum atomic E-state index is 5.91. The zero-order chi connectivity index (χ0) is 13.9. The van der Waals surface area contributed by atoms with E-state index in [9.17, 15) is 0 Å². The first-order chi connectivity index (χ1) is 9.79. The van der Waals surface area contributed by atoms with Crippen molar-refractivity contribution in [2.45, 2.75) is 6.04 Å². The Bertz CT molecular complexity index is 720. The van der Waals surface area contributed by atoms with E-state index in [0.29, 0.717) is 5.02 Å². The Hall–Kier alpha value is -1.97. The number of benzene rings is 1. The molecule has 0 saturated heterocycles. The van der Waals surface area contributed by atoms with Gasteiger partial charge in [-0.2, -0.15) is 0 Å². The molecule has 3 rings (SSSR count). The number of nitrogens with one attached hydrogen (secondary N) is 1. The van der Waals surface area contributed by atoms with Crippen molar-refractivity contribution in [3.63, 3.8) is 0 Å². The molecule has 1 atom stereocenters. The molecule has 0 aliphatic rings. The zero-order valence-corrected chi connectivity index (χ0v) is 11.8. The second-order valence-corrected chi connectivity index (χ2v) is 4.98. The van der Waals surface area contributed by atoms with E-state index in [1.54, 1.807) is 6.20 Å². The minimum atomic E-state index is -0.00846. The summed E-state index contributed by atoms with van der Waals surface area (Å²) >= 11 is 5.91. The standard InChI is InChI=1S/C16H14ClN3/c1-18-16(14-8-7-12(17)10-20-14)13-6-2-4-11-5-3-9-19-15(11)13/h2-10,16,18H,1H3. The lowest BCUT2D eigenvalue weighted by molar-refractivity contribution is 0.674. The van der Waals surface area contributed by atoms with Gasteiger partial charge in [0.1, 0.15) is 0 Å². The van der Waals surface area contributed by atoms with Crippen molar-refractivity contribution >= 4 is 22.5 Å². The topological polar surface area (TPSA) is 37.8 Å². The van der Waals surface area contributed by atoms with Crippen molar-refractivity contribution < 1.29 is 0 Å². The Balaban J connectivity index is 2.14. The summed E-state index contributed by atoms with van der Waals surface area (Å²) in [5, 5.41) is 5.06. The molecule has 0 saturated carbocycles. The van der Waals surface area contributed by atoms with Crippen LogP contribution in [0.1, 0.15) is 17.3 Å². The van der Waals surface area contributed by atoms with Gasteiger partial charge in [-0.05, 0) is 25.2 Å². The van der Waals surface area contributed by atoms with Gasteiger partial charge in [0.2, 0.25) is 0 Å². The van der Waals surface area contributed by atoms with Crippen molar-refractivity contribution in [1.29, 1.82) is 0 Å². The molecule has 4 heteroatoms. The first-order valence-electron chi connectivity index (χ1n) is 6.42. The van der Waals surface area contributed by atoms with Crippen molar-refractivity contribution in [2.75, 3.05) is 7.05 Å². The Morgan fingerprint density at radius 2 is 1.90 bits per heavy atom. The van der Waals surface area contributed by atoms with Gasteiger partial charge >= 0.3 is 0 Å². The number of rotatable bonds is 3. The van der Waals surface area contributed by atoms with Crippen LogP contribution in [0, 0.1) is 0 Å². The lowest BCUT2D eigenvalue weighted by atomic mass is 10.00. The van der Waals surface area contributed by atoms with Crippen LogP contribution in [-0.2, 0) is 0 Å². The van der Waals surface area contributed by atoms with Gasteiger partial charge in [-0.15, -0.1) is 0 Å². The second kappa shape index (κ2) is 5.57. The van der Waals surface area contributed by atoms with E-state index in [2.05, 4.69) is 33.5 Å². The van der Waals surface area contributed by atoms with Crippen LogP contribution in [-0.4, -0.2) is 17.0 Å². The SMILES string of the molecule is CNC(c1ccc(Cl)cn1)c1cccc2cccnc12. The van der Waals surface area contributed by atoms with E-state index in [1.807, 2.05) is 37.5 Å². The van der Waals surface area contributed by atoms with Crippen LogP contribution >= 0.6 is 11.6 Å². The number of aromatic nitrogens is 2. The average molecular weight is 284 g/mol. The molecule has 0 spiro atoms. The van der Waals surface area contributed by atoms with E-state index in [0.717, 1.165) is 22.2 Å². The summed E-state index contributed by atoms with van der Waals surface area (Å²) in [7, 11) is 1.92. The zero-order valence-electron chi connectivity index (χ0n) is 11.0. The molecule has 0 radical (unpaired) electrons. The molecule has 2 heterocycles. The number of halogens is 1. The molecule has 3 nitrogen and oxygen atoms in total. The Morgan fingerprint density at radius 1 is 1.05 bits per heavy atom. The highest BCUT2D eigenvalue weighted by Crippen LogP contribution is 2.26. The largest absolute Gasteiger partial charge is 0.308 e. The van der Waals surface area contributed by atoms with E-state index in [4.69, 9.17) is 11.6 Å². The van der Waals surface area contributed by atoms with Gasteiger partial charge in [0.05, 0.1) is 22.3 Å². The molecule has 1 aromatic carbocycles. The molecule has 3 aromatic rings. The first-order valence-corrected chi connectivity index (χ1v) is 6.80. The number of hydrogen-bond acceptors (Lipinski definition) is 3.